The molecule has 1 N–H and O–H groups in total. The minimum Gasteiger partial charge on any atom is -0.395 e. The van der Waals surface area contributed by atoms with Gasteiger partial charge in [-0.3, -0.25) is 10.1 Å². The lowest BCUT2D eigenvalue weighted by Crippen LogP contribution is -2.38. The molecule has 1 aromatic carbocycles. The van der Waals surface area contributed by atoms with Crippen LogP contribution in [-0.4, -0.2) is 16.6 Å². The first-order valence-electron chi connectivity index (χ1n) is 5.14. The van der Waals surface area contributed by atoms with Crippen LogP contribution < -0.4 is 0 Å². The molecular formula is C11H12ClNO3. The zero-order valence-corrected chi connectivity index (χ0v) is 9.41. The van der Waals surface area contributed by atoms with Gasteiger partial charge in [0.25, 0.3) is 5.69 Å². The maximum absolute atomic E-state index is 10.9. The average Bonchev–Trinajstić information content (AvgIpc) is 2.16. The smallest absolute Gasteiger partial charge is 0.273 e. The summed E-state index contributed by atoms with van der Waals surface area (Å²) >= 11 is 5.86. The van der Waals surface area contributed by atoms with Crippen LogP contribution >= 0.6 is 11.6 Å². The van der Waals surface area contributed by atoms with Crippen LogP contribution in [0.1, 0.15) is 24.8 Å². The van der Waals surface area contributed by atoms with E-state index < -0.39 is 10.3 Å². The number of hydrogen-bond donors (Lipinski definition) is 1. The van der Waals surface area contributed by atoms with Crippen LogP contribution in [0.3, 0.4) is 0 Å². The van der Waals surface area contributed by atoms with E-state index in [-0.39, 0.29) is 12.3 Å². The molecule has 86 valence electrons. The van der Waals surface area contributed by atoms with Crippen LogP contribution in [0.25, 0.3) is 0 Å². The summed E-state index contributed by atoms with van der Waals surface area (Å²) in [6.07, 6.45) is 2.56. The molecule has 5 heteroatoms. The largest absolute Gasteiger partial charge is 0.395 e. The van der Waals surface area contributed by atoms with E-state index in [0.717, 1.165) is 19.3 Å². The van der Waals surface area contributed by atoms with Gasteiger partial charge in [0.1, 0.15) is 0 Å². The molecule has 2 rings (SSSR count). The zero-order valence-electron chi connectivity index (χ0n) is 8.65. The lowest BCUT2D eigenvalue weighted by atomic mass is 9.64. The van der Waals surface area contributed by atoms with Crippen LogP contribution in [0.5, 0.6) is 0 Å². The number of rotatable bonds is 3. The van der Waals surface area contributed by atoms with E-state index in [9.17, 15) is 15.2 Å². The van der Waals surface area contributed by atoms with Gasteiger partial charge in [-0.05, 0) is 25.0 Å². The van der Waals surface area contributed by atoms with Crippen LogP contribution in [-0.2, 0) is 5.41 Å². The van der Waals surface area contributed by atoms with Crippen molar-refractivity contribution in [3.8, 4) is 0 Å². The van der Waals surface area contributed by atoms with Gasteiger partial charge in [-0.25, -0.2) is 0 Å². The third-order valence-electron chi connectivity index (χ3n) is 3.34. The van der Waals surface area contributed by atoms with Gasteiger partial charge in [-0.15, -0.1) is 0 Å². The minimum absolute atomic E-state index is 0.0538. The first-order valence-corrected chi connectivity index (χ1v) is 5.52. The van der Waals surface area contributed by atoms with Gasteiger partial charge in [0, 0.05) is 22.1 Å². The number of nitro groups is 1. The van der Waals surface area contributed by atoms with Crippen LogP contribution in [0.4, 0.5) is 5.69 Å². The standard InChI is InChI=1S/C11H12ClNO3/c12-8-2-3-10(13(15)16)9(6-8)11(7-14)4-1-5-11/h2-3,6,14H,1,4-5,7H2. The Labute approximate surface area is 98.0 Å². The molecule has 0 unspecified atom stereocenters. The molecule has 4 nitrogen and oxygen atoms in total. The second-order valence-corrected chi connectivity index (χ2v) is 4.65. The molecule has 0 saturated heterocycles. The van der Waals surface area contributed by atoms with Crippen molar-refractivity contribution in [1.82, 2.24) is 0 Å². The number of aliphatic hydroxyl groups is 1. The second kappa shape index (κ2) is 4.03. The van der Waals surface area contributed by atoms with Crippen molar-refractivity contribution in [2.24, 2.45) is 0 Å². The molecule has 0 aromatic heterocycles. The molecule has 0 amide bonds. The Kier molecular flexibility index (Phi) is 2.86. The molecule has 1 saturated carbocycles. The number of halogens is 1. The molecule has 1 aliphatic carbocycles. The van der Waals surface area contributed by atoms with Crippen molar-refractivity contribution in [1.29, 1.82) is 0 Å². The first kappa shape index (κ1) is 11.4. The van der Waals surface area contributed by atoms with Gasteiger partial charge in [0.05, 0.1) is 11.5 Å². The Hall–Kier alpha value is -1.13. The van der Waals surface area contributed by atoms with Gasteiger partial charge < -0.3 is 5.11 Å². The highest BCUT2D eigenvalue weighted by Crippen LogP contribution is 2.47. The number of benzene rings is 1. The summed E-state index contributed by atoms with van der Waals surface area (Å²) in [6.45, 7) is -0.0613. The molecule has 0 heterocycles. The molecule has 0 atom stereocenters. The Balaban J connectivity index is 2.53. The summed E-state index contributed by atoms with van der Waals surface area (Å²) in [7, 11) is 0. The molecule has 0 bridgehead atoms. The monoisotopic (exact) mass is 241 g/mol. The number of nitro benzene ring substituents is 1. The summed E-state index contributed by atoms with van der Waals surface area (Å²) < 4.78 is 0. The van der Waals surface area contributed by atoms with Gasteiger partial charge in [-0.2, -0.15) is 0 Å². The molecule has 0 spiro atoms. The summed E-state index contributed by atoms with van der Waals surface area (Å²) in [5.41, 5.74) is 0.171. The lowest BCUT2D eigenvalue weighted by Gasteiger charge is -2.40. The fourth-order valence-electron chi connectivity index (χ4n) is 2.21. The molecule has 0 aliphatic heterocycles. The summed E-state index contributed by atoms with van der Waals surface area (Å²) in [6, 6.07) is 4.52. The highest BCUT2D eigenvalue weighted by molar-refractivity contribution is 6.30. The quantitative estimate of drug-likeness (QED) is 0.654. The lowest BCUT2D eigenvalue weighted by molar-refractivity contribution is -0.386. The molecule has 16 heavy (non-hydrogen) atoms. The minimum atomic E-state index is -0.451. The van der Waals surface area contributed by atoms with Gasteiger partial charge >= 0.3 is 0 Å². The van der Waals surface area contributed by atoms with Crippen molar-refractivity contribution in [3.63, 3.8) is 0 Å². The summed E-state index contributed by atoms with van der Waals surface area (Å²) in [5.74, 6) is 0. The van der Waals surface area contributed by atoms with Gasteiger partial charge in [0.2, 0.25) is 0 Å². The van der Waals surface area contributed by atoms with E-state index in [4.69, 9.17) is 11.6 Å². The Morgan fingerprint density at radius 2 is 2.19 bits per heavy atom. The Bertz CT molecular complexity index is 424. The van der Waals surface area contributed by atoms with Gasteiger partial charge in [0.15, 0.2) is 0 Å². The highest BCUT2D eigenvalue weighted by atomic mass is 35.5. The maximum Gasteiger partial charge on any atom is 0.273 e. The van der Waals surface area contributed by atoms with Crippen molar-refractivity contribution in [2.45, 2.75) is 24.7 Å². The molecule has 1 fully saturated rings. The zero-order chi connectivity index (χ0) is 11.8. The van der Waals surface area contributed by atoms with Crippen LogP contribution in [0, 0.1) is 10.1 Å². The van der Waals surface area contributed by atoms with E-state index >= 15 is 0 Å². The van der Waals surface area contributed by atoms with E-state index in [1.54, 1.807) is 6.07 Å². The fraction of sp³-hybridized carbons (Fsp3) is 0.455. The predicted molar refractivity (Wildman–Crippen MR) is 60.7 cm³/mol. The topological polar surface area (TPSA) is 63.4 Å². The normalized spacial score (nSPS) is 17.9. The molecule has 0 radical (unpaired) electrons. The maximum atomic E-state index is 10.9. The molecular weight excluding hydrogens is 230 g/mol. The van der Waals surface area contributed by atoms with Crippen molar-refractivity contribution >= 4 is 17.3 Å². The third kappa shape index (κ3) is 1.68. The van der Waals surface area contributed by atoms with E-state index in [2.05, 4.69) is 0 Å². The van der Waals surface area contributed by atoms with Gasteiger partial charge in [-0.1, -0.05) is 18.0 Å². The van der Waals surface area contributed by atoms with Crippen molar-refractivity contribution in [2.75, 3.05) is 6.61 Å². The van der Waals surface area contributed by atoms with Crippen molar-refractivity contribution in [3.05, 3.63) is 38.9 Å². The highest BCUT2D eigenvalue weighted by Gasteiger charge is 2.42. The van der Waals surface area contributed by atoms with E-state index in [1.165, 1.54) is 12.1 Å². The average molecular weight is 242 g/mol. The summed E-state index contributed by atoms with van der Waals surface area (Å²) in [5, 5.41) is 20.8. The predicted octanol–water partition coefficient (Wildman–Crippen LogP) is 2.66. The second-order valence-electron chi connectivity index (χ2n) is 4.21. The number of nitrogens with zero attached hydrogens (tertiary/aromatic N) is 1. The Morgan fingerprint density at radius 1 is 1.50 bits per heavy atom. The Morgan fingerprint density at radius 3 is 2.62 bits per heavy atom. The first-order chi connectivity index (χ1) is 7.59. The fourth-order valence-corrected chi connectivity index (χ4v) is 2.38. The number of hydrogen-bond acceptors (Lipinski definition) is 3. The van der Waals surface area contributed by atoms with Crippen LogP contribution in [0.15, 0.2) is 18.2 Å². The van der Waals surface area contributed by atoms with Crippen LogP contribution in [0.2, 0.25) is 5.02 Å². The third-order valence-corrected chi connectivity index (χ3v) is 3.58. The van der Waals surface area contributed by atoms with E-state index in [0.29, 0.717) is 10.6 Å². The molecule has 1 aliphatic rings. The van der Waals surface area contributed by atoms with Crippen molar-refractivity contribution < 1.29 is 10.0 Å². The SMILES string of the molecule is O=[N+]([O-])c1ccc(Cl)cc1C1(CO)CCC1. The summed E-state index contributed by atoms with van der Waals surface area (Å²) in [4.78, 5) is 10.5. The number of aliphatic hydroxyl groups excluding tert-OH is 1. The van der Waals surface area contributed by atoms with E-state index in [1.807, 2.05) is 0 Å². The molecule has 1 aromatic rings.